The number of nitrogens with zero attached hydrogens (tertiary/aromatic N) is 2. The molecule has 1 atom stereocenters. The molecule has 2 aromatic rings. The van der Waals surface area contributed by atoms with Gasteiger partial charge >= 0.3 is 5.97 Å². The first-order valence-electron chi connectivity index (χ1n) is 9.35. The van der Waals surface area contributed by atoms with Gasteiger partial charge in [0.15, 0.2) is 0 Å². The second-order valence-corrected chi connectivity index (χ2v) is 6.67. The molecule has 0 radical (unpaired) electrons. The average molecular weight is 416 g/mol. The molecule has 0 fully saturated rings. The Kier molecular flexibility index (Phi) is 6.72. The van der Waals surface area contributed by atoms with E-state index in [0.717, 1.165) is 0 Å². The SMILES string of the molecule is CCOC(=O)C1=NN(c2ccccc2)C(C(=O)Nc2cc(Cl)ccc2OCC)C1. The largest absolute Gasteiger partial charge is 0.492 e. The van der Waals surface area contributed by atoms with Gasteiger partial charge in [-0.1, -0.05) is 29.8 Å². The first kappa shape index (κ1) is 20.7. The summed E-state index contributed by atoms with van der Waals surface area (Å²) in [6.45, 7) is 4.26. The van der Waals surface area contributed by atoms with E-state index in [1.165, 1.54) is 5.01 Å². The van der Waals surface area contributed by atoms with Gasteiger partial charge in [-0.05, 0) is 44.2 Å². The highest BCUT2D eigenvalue weighted by molar-refractivity contribution is 6.38. The number of benzene rings is 2. The summed E-state index contributed by atoms with van der Waals surface area (Å²) in [4.78, 5) is 25.3. The lowest BCUT2D eigenvalue weighted by Crippen LogP contribution is -2.39. The molecule has 1 unspecified atom stereocenters. The Morgan fingerprint density at radius 1 is 1.17 bits per heavy atom. The first-order chi connectivity index (χ1) is 14.0. The zero-order chi connectivity index (χ0) is 20.8. The van der Waals surface area contributed by atoms with Crippen LogP contribution in [0.4, 0.5) is 11.4 Å². The molecule has 3 rings (SSSR count). The number of halogens is 1. The van der Waals surface area contributed by atoms with Crippen molar-refractivity contribution >= 4 is 40.6 Å². The number of rotatable bonds is 7. The molecule has 0 saturated heterocycles. The Hall–Kier alpha value is -3.06. The molecule has 1 aliphatic rings. The third-order valence-corrected chi connectivity index (χ3v) is 4.48. The van der Waals surface area contributed by atoms with Crippen molar-refractivity contribution < 1.29 is 19.1 Å². The van der Waals surface area contributed by atoms with E-state index in [9.17, 15) is 9.59 Å². The van der Waals surface area contributed by atoms with E-state index >= 15 is 0 Å². The molecule has 1 heterocycles. The van der Waals surface area contributed by atoms with Gasteiger partial charge in [-0.25, -0.2) is 4.79 Å². The molecule has 1 amide bonds. The summed E-state index contributed by atoms with van der Waals surface area (Å²) < 4.78 is 10.6. The van der Waals surface area contributed by atoms with Gasteiger partial charge in [0.2, 0.25) is 5.91 Å². The molecule has 7 nitrogen and oxygen atoms in total. The van der Waals surface area contributed by atoms with Gasteiger partial charge < -0.3 is 14.8 Å². The average Bonchev–Trinajstić information content (AvgIpc) is 3.17. The van der Waals surface area contributed by atoms with Crippen LogP contribution in [0, 0.1) is 0 Å². The number of carbonyl (C=O) groups is 2. The molecule has 0 aromatic heterocycles. The van der Waals surface area contributed by atoms with Crippen molar-refractivity contribution in [1.29, 1.82) is 0 Å². The molecule has 0 saturated carbocycles. The molecule has 0 bridgehead atoms. The number of carbonyl (C=O) groups excluding carboxylic acids is 2. The van der Waals surface area contributed by atoms with Crippen LogP contribution in [0.1, 0.15) is 20.3 Å². The van der Waals surface area contributed by atoms with Crippen LogP contribution in [0.3, 0.4) is 0 Å². The van der Waals surface area contributed by atoms with Crippen LogP contribution >= 0.6 is 11.6 Å². The number of nitrogens with one attached hydrogen (secondary N) is 1. The van der Waals surface area contributed by atoms with Gasteiger partial charge in [-0.2, -0.15) is 5.10 Å². The Labute approximate surface area is 174 Å². The van der Waals surface area contributed by atoms with Crippen molar-refractivity contribution in [3.63, 3.8) is 0 Å². The number of ether oxygens (including phenoxy) is 2. The quantitative estimate of drug-likeness (QED) is 0.694. The zero-order valence-corrected chi connectivity index (χ0v) is 17.0. The van der Waals surface area contributed by atoms with Crippen LogP contribution in [-0.2, 0) is 14.3 Å². The minimum absolute atomic E-state index is 0.129. The minimum Gasteiger partial charge on any atom is -0.492 e. The maximum absolute atomic E-state index is 13.1. The van der Waals surface area contributed by atoms with Crippen LogP contribution in [-0.4, -0.2) is 36.8 Å². The standard InChI is InChI=1S/C21H22ClN3O4/c1-3-28-19-11-10-14(22)12-16(19)23-20(26)18-13-17(21(27)29-4-2)24-25(18)15-8-6-5-7-9-15/h5-12,18H,3-4,13H2,1-2H3,(H,23,26). The van der Waals surface area contributed by atoms with E-state index in [1.54, 1.807) is 25.1 Å². The Morgan fingerprint density at radius 2 is 1.93 bits per heavy atom. The van der Waals surface area contributed by atoms with Crippen molar-refractivity contribution in [3.05, 3.63) is 53.6 Å². The number of hydrogen-bond acceptors (Lipinski definition) is 6. The Balaban J connectivity index is 1.87. The van der Waals surface area contributed by atoms with Gasteiger partial charge in [0, 0.05) is 11.4 Å². The number of hydrogen-bond donors (Lipinski definition) is 1. The molecule has 0 aliphatic carbocycles. The lowest BCUT2D eigenvalue weighted by molar-refractivity contribution is -0.135. The summed E-state index contributed by atoms with van der Waals surface area (Å²) in [5, 5.41) is 9.21. The summed E-state index contributed by atoms with van der Waals surface area (Å²) in [5.74, 6) is -0.345. The van der Waals surface area contributed by atoms with Crippen molar-refractivity contribution in [2.24, 2.45) is 5.10 Å². The fraction of sp³-hybridized carbons (Fsp3) is 0.286. The number of esters is 1. The van der Waals surface area contributed by atoms with E-state index in [0.29, 0.717) is 28.8 Å². The summed E-state index contributed by atoms with van der Waals surface area (Å²) in [7, 11) is 0. The molecule has 152 valence electrons. The Morgan fingerprint density at radius 3 is 2.62 bits per heavy atom. The summed E-state index contributed by atoms with van der Waals surface area (Å²) in [6, 6.07) is 13.5. The molecular formula is C21H22ClN3O4. The van der Waals surface area contributed by atoms with E-state index in [-0.39, 0.29) is 24.6 Å². The maximum Gasteiger partial charge on any atom is 0.354 e. The second-order valence-electron chi connectivity index (χ2n) is 6.23. The molecule has 2 aromatic carbocycles. The van der Waals surface area contributed by atoms with Gasteiger partial charge in [0.05, 0.1) is 24.6 Å². The van der Waals surface area contributed by atoms with Crippen molar-refractivity contribution in [1.82, 2.24) is 0 Å². The minimum atomic E-state index is -0.717. The van der Waals surface area contributed by atoms with Crippen LogP contribution in [0.2, 0.25) is 5.02 Å². The van der Waals surface area contributed by atoms with E-state index in [4.69, 9.17) is 21.1 Å². The van der Waals surface area contributed by atoms with Gasteiger partial charge in [-0.15, -0.1) is 0 Å². The fourth-order valence-electron chi connectivity index (χ4n) is 2.97. The van der Waals surface area contributed by atoms with E-state index in [2.05, 4.69) is 10.4 Å². The third kappa shape index (κ3) is 4.86. The highest BCUT2D eigenvalue weighted by atomic mass is 35.5. The van der Waals surface area contributed by atoms with E-state index < -0.39 is 12.0 Å². The van der Waals surface area contributed by atoms with Crippen molar-refractivity contribution in [2.75, 3.05) is 23.5 Å². The number of anilines is 2. The third-order valence-electron chi connectivity index (χ3n) is 4.24. The smallest absolute Gasteiger partial charge is 0.354 e. The van der Waals surface area contributed by atoms with Crippen molar-refractivity contribution in [3.8, 4) is 5.75 Å². The first-order valence-corrected chi connectivity index (χ1v) is 9.73. The highest BCUT2D eigenvalue weighted by Gasteiger charge is 2.37. The van der Waals surface area contributed by atoms with Crippen molar-refractivity contribution in [2.45, 2.75) is 26.3 Å². The maximum atomic E-state index is 13.1. The summed E-state index contributed by atoms with van der Waals surface area (Å²) in [6.07, 6.45) is 0.129. The van der Waals surface area contributed by atoms with E-state index in [1.807, 2.05) is 37.3 Å². The lowest BCUT2D eigenvalue weighted by atomic mass is 10.1. The monoisotopic (exact) mass is 415 g/mol. The van der Waals surface area contributed by atoms with Gasteiger partial charge in [-0.3, -0.25) is 9.80 Å². The van der Waals surface area contributed by atoms with Gasteiger partial charge in [0.25, 0.3) is 0 Å². The second kappa shape index (κ2) is 9.43. The highest BCUT2D eigenvalue weighted by Crippen LogP contribution is 2.30. The Bertz CT molecular complexity index is 917. The predicted octanol–water partition coefficient (Wildman–Crippen LogP) is 3.88. The van der Waals surface area contributed by atoms with Crippen LogP contribution in [0.15, 0.2) is 53.6 Å². The predicted molar refractivity (Wildman–Crippen MR) is 113 cm³/mol. The lowest BCUT2D eigenvalue weighted by Gasteiger charge is -2.23. The zero-order valence-electron chi connectivity index (χ0n) is 16.2. The van der Waals surface area contributed by atoms with Gasteiger partial charge in [0.1, 0.15) is 17.5 Å². The molecule has 0 spiro atoms. The topological polar surface area (TPSA) is 80.2 Å². The molecular weight excluding hydrogens is 394 g/mol. The molecule has 1 N–H and O–H groups in total. The summed E-state index contributed by atoms with van der Waals surface area (Å²) >= 11 is 6.08. The normalized spacial score (nSPS) is 15.6. The fourth-order valence-corrected chi connectivity index (χ4v) is 3.14. The molecule has 29 heavy (non-hydrogen) atoms. The number of para-hydroxylation sites is 1. The van der Waals surface area contributed by atoms with Crippen LogP contribution in [0.5, 0.6) is 5.75 Å². The van der Waals surface area contributed by atoms with Crippen LogP contribution < -0.4 is 15.1 Å². The van der Waals surface area contributed by atoms with Crippen LogP contribution in [0.25, 0.3) is 0 Å². The summed E-state index contributed by atoms with van der Waals surface area (Å²) in [5.41, 5.74) is 1.36. The number of amides is 1. The molecule has 1 aliphatic heterocycles. The number of hydrazone groups is 1. The molecule has 8 heteroatoms.